The van der Waals surface area contributed by atoms with E-state index in [1.165, 1.54) is 5.39 Å². The van der Waals surface area contributed by atoms with Gasteiger partial charge in [-0.15, -0.1) is 0 Å². The van der Waals surface area contributed by atoms with E-state index in [9.17, 15) is 0 Å². The largest absolute Gasteiger partial charge is 0.309 e. The monoisotopic (exact) mass is 732 g/mol. The van der Waals surface area contributed by atoms with Crippen LogP contribution in [0, 0.1) is 6.92 Å². The second-order valence-corrected chi connectivity index (χ2v) is 14.1. The molecule has 0 aliphatic heterocycles. The van der Waals surface area contributed by atoms with Crippen LogP contribution in [0.4, 0.5) is 0 Å². The number of hydrogen-bond acceptors (Lipinski definition) is 4. The van der Waals surface area contributed by atoms with Gasteiger partial charge in [-0.1, -0.05) is 78.9 Å². The maximum Gasteiger partial charge on any atom is 0.0571 e. The highest BCUT2D eigenvalue weighted by molar-refractivity contribution is 6.10. The number of hydrogen-bond donors (Lipinski definition) is 0. The fraction of sp³-hybridized carbons (Fsp3) is 0.0196. The van der Waals surface area contributed by atoms with Gasteiger partial charge in [0, 0.05) is 82.0 Å². The molecule has 270 valence electrons. The fourth-order valence-corrected chi connectivity index (χ4v) is 8.34. The Hall–Kier alpha value is -7.70. The maximum absolute atomic E-state index is 4.58. The molecule has 0 fully saturated rings. The van der Waals surface area contributed by atoms with Gasteiger partial charge in [-0.25, -0.2) is 0 Å². The molecular formula is C51H36N6. The van der Waals surface area contributed by atoms with Crippen molar-refractivity contribution in [1.29, 1.82) is 0 Å². The Bertz CT molecular complexity index is 3150. The Morgan fingerprint density at radius 3 is 1.61 bits per heavy atom. The minimum atomic E-state index is 1.05. The summed E-state index contributed by atoms with van der Waals surface area (Å²) >= 11 is 0. The van der Waals surface area contributed by atoms with Crippen LogP contribution >= 0.6 is 0 Å². The molecule has 0 aliphatic carbocycles. The first-order valence-electron chi connectivity index (χ1n) is 18.9. The number of pyridine rings is 3. The van der Waals surface area contributed by atoms with Crippen LogP contribution < -0.4 is 0 Å². The minimum Gasteiger partial charge on any atom is -0.309 e. The third-order valence-corrected chi connectivity index (χ3v) is 10.9. The lowest BCUT2D eigenvalue weighted by Gasteiger charge is -2.14. The predicted octanol–water partition coefficient (Wildman–Crippen LogP) is 12.6. The first-order valence-corrected chi connectivity index (χ1v) is 18.9. The van der Waals surface area contributed by atoms with Gasteiger partial charge in [-0.2, -0.15) is 0 Å². The maximum atomic E-state index is 4.58. The lowest BCUT2D eigenvalue weighted by molar-refractivity contribution is 1.08. The molecule has 0 saturated carbocycles. The molecule has 0 atom stereocenters. The van der Waals surface area contributed by atoms with Gasteiger partial charge in [0.25, 0.3) is 0 Å². The van der Waals surface area contributed by atoms with E-state index in [1.54, 1.807) is 6.20 Å². The highest BCUT2D eigenvalue weighted by Crippen LogP contribution is 2.40. The van der Waals surface area contributed by atoms with Crippen molar-refractivity contribution in [2.45, 2.75) is 6.92 Å². The summed E-state index contributed by atoms with van der Waals surface area (Å²) < 4.78 is 4.68. The van der Waals surface area contributed by atoms with Gasteiger partial charge in [0.05, 0.1) is 22.2 Å². The molecule has 0 radical (unpaired) electrons. The lowest BCUT2D eigenvalue weighted by atomic mass is 9.94. The zero-order valence-corrected chi connectivity index (χ0v) is 31.3. The Balaban J connectivity index is 1.13. The summed E-state index contributed by atoms with van der Waals surface area (Å²) in [6.45, 7) is 5.93. The number of aliphatic imine (C=N–C) groups is 1. The molecule has 5 aromatic heterocycles. The van der Waals surface area contributed by atoms with Gasteiger partial charge in [-0.05, 0) is 119 Å². The van der Waals surface area contributed by atoms with E-state index in [1.807, 2.05) is 49.3 Å². The lowest BCUT2D eigenvalue weighted by Crippen LogP contribution is -2.00. The number of aryl methyl sites for hydroxylation is 1. The van der Waals surface area contributed by atoms with Crippen LogP contribution in [0.3, 0.4) is 0 Å². The third-order valence-electron chi connectivity index (χ3n) is 10.9. The molecule has 10 rings (SSSR count). The van der Waals surface area contributed by atoms with Crippen molar-refractivity contribution in [3.8, 4) is 55.9 Å². The van der Waals surface area contributed by atoms with Crippen LogP contribution in [0.2, 0.25) is 0 Å². The molecule has 0 spiro atoms. The number of aromatic nitrogens is 5. The van der Waals surface area contributed by atoms with Crippen molar-refractivity contribution < 1.29 is 0 Å². The standard InChI is InChI=1S/C51H36N6/c1-34-45-28-35(41-14-3-5-16-43(41)37-10-8-24-53-31-37)18-20-49(45)56(48(34)22-26-52-2)39-12-7-13-40(30-39)57-50-21-19-36(29-46(50)47-33-55-27-23-51(47)57)42-15-4-6-17-44(42)38-11-9-25-54-32-38/h3-33H,2H2,1H3/b26-22-. The zero-order valence-electron chi connectivity index (χ0n) is 31.3. The van der Waals surface area contributed by atoms with Crippen LogP contribution in [0.15, 0.2) is 188 Å². The highest BCUT2D eigenvalue weighted by atomic mass is 15.0. The van der Waals surface area contributed by atoms with Crippen molar-refractivity contribution in [2.24, 2.45) is 4.99 Å². The molecular weight excluding hydrogens is 697 g/mol. The van der Waals surface area contributed by atoms with Crippen LogP contribution in [0.5, 0.6) is 0 Å². The van der Waals surface area contributed by atoms with Crippen LogP contribution in [0.25, 0.3) is 94.7 Å². The summed E-state index contributed by atoms with van der Waals surface area (Å²) in [5, 5.41) is 3.41. The number of benzene rings is 5. The van der Waals surface area contributed by atoms with E-state index in [0.717, 1.165) is 94.5 Å². The van der Waals surface area contributed by atoms with E-state index < -0.39 is 0 Å². The summed E-state index contributed by atoms with van der Waals surface area (Å²) in [5.74, 6) is 0. The topological polar surface area (TPSA) is 60.9 Å². The summed E-state index contributed by atoms with van der Waals surface area (Å²) in [4.78, 5) is 17.5. The number of fused-ring (bicyclic) bond motifs is 4. The van der Waals surface area contributed by atoms with Gasteiger partial charge in [0.2, 0.25) is 0 Å². The molecule has 5 aromatic carbocycles. The van der Waals surface area contributed by atoms with E-state index in [4.69, 9.17) is 0 Å². The van der Waals surface area contributed by atoms with Gasteiger partial charge in [-0.3, -0.25) is 19.9 Å². The van der Waals surface area contributed by atoms with Crippen molar-refractivity contribution in [2.75, 3.05) is 0 Å². The third kappa shape index (κ3) is 5.83. The second-order valence-electron chi connectivity index (χ2n) is 14.1. The van der Waals surface area contributed by atoms with Crippen molar-refractivity contribution >= 4 is 45.5 Å². The van der Waals surface area contributed by atoms with Gasteiger partial charge >= 0.3 is 0 Å². The minimum absolute atomic E-state index is 1.05. The van der Waals surface area contributed by atoms with Crippen LogP contribution in [-0.2, 0) is 0 Å². The van der Waals surface area contributed by atoms with Crippen LogP contribution in [0.1, 0.15) is 11.3 Å². The SMILES string of the molecule is C=N/C=C\c1c(C)c2cc(-c3ccccc3-c3cccnc3)ccc2n1-c1cccc(-n2c3ccncc3c3cc(-c4ccccc4-c4cccnc4)ccc32)c1. The Kier molecular flexibility index (Phi) is 8.42. The molecule has 0 amide bonds. The average molecular weight is 733 g/mol. The molecule has 0 aliphatic rings. The highest BCUT2D eigenvalue weighted by Gasteiger charge is 2.19. The molecule has 0 N–H and O–H groups in total. The molecule has 0 bridgehead atoms. The Labute approximate surface area is 330 Å². The fourth-order valence-electron chi connectivity index (χ4n) is 8.34. The summed E-state index contributed by atoms with van der Waals surface area (Å²) in [6.07, 6.45) is 15.1. The summed E-state index contributed by atoms with van der Waals surface area (Å²) in [5.41, 5.74) is 16.7. The van der Waals surface area contributed by atoms with E-state index >= 15 is 0 Å². The first kappa shape index (κ1) is 33.8. The number of rotatable bonds is 8. The second kappa shape index (κ2) is 14.2. The Morgan fingerprint density at radius 1 is 0.474 bits per heavy atom. The smallest absolute Gasteiger partial charge is 0.0571 e. The quantitative estimate of drug-likeness (QED) is 0.146. The zero-order chi connectivity index (χ0) is 38.3. The van der Waals surface area contributed by atoms with Crippen molar-refractivity contribution in [3.05, 3.63) is 194 Å². The predicted molar refractivity (Wildman–Crippen MR) is 236 cm³/mol. The van der Waals surface area contributed by atoms with E-state index in [-0.39, 0.29) is 0 Å². The van der Waals surface area contributed by atoms with E-state index in [0.29, 0.717) is 0 Å². The van der Waals surface area contributed by atoms with Gasteiger partial charge in [0.15, 0.2) is 0 Å². The normalized spacial score (nSPS) is 11.6. The molecule has 6 nitrogen and oxygen atoms in total. The van der Waals surface area contributed by atoms with Crippen LogP contribution in [-0.4, -0.2) is 30.8 Å². The number of nitrogens with zero attached hydrogens (tertiary/aromatic N) is 6. The van der Waals surface area contributed by atoms with Crippen molar-refractivity contribution in [1.82, 2.24) is 24.1 Å². The first-order chi connectivity index (χ1) is 28.2. The molecule has 6 heteroatoms. The molecule has 5 heterocycles. The Morgan fingerprint density at radius 2 is 1.02 bits per heavy atom. The van der Waals surface area contributed by atoms with E-state index in [2.05, 4.69) is 176 Å². The summed E-state index contributed by atoms with van der Waals surface area (Å²) in [6, 6.07) is 49.7. The van der Waals surface area contributed by atoms with Crippen molar-refractivity contribution in [3.63, 3.8) is 0 Å². The molecule has 57 heavy (non-hydrogen) atoms. The molecule has 0 unspecified atom stereocenters. The van der Waals surface area contributed by atoms with Gasteiger partial charge < -0.3 is 9.13 Å². The van der Waals surface area contributed by atoms with Gasteiger partial charge in [0.1, 0.15) is 0 Å². The molecule has 0 saturated heterocycles. The summed E-state index contributed by atoms with van der Waals surface area (Å²) in [7, 11) is 0. The molecule has 10 aromatic rings. The average Bonchev–Trinajstić information content (AvgIpc) is 3.76.